The third-order valence-corrected chi connectivity index (χ3v) is 4.06. The van der Waals surface area contributed by atoms with Crippen LogP contribution in [0.15, 0.2) is 0 Å². The SMILES string of the molecule is CCC(C)CC1(O)CCCCC1CC. The largest absolute Gasteiger partial charge is 0.390 e. The lowest BCUT2D eigenvalue weighted by Gasteiger charge is -2.41. The van der Waals surface area contributed by atoms with E-state index in [1.54, 1.807) is 0 Å². The maximum Gasteiger partial charge on any atom is 0.0678 e. The molecule has 0 aromatic rings. The average Bonchev–Trinajstić information content (AvgIpc) is 2.18. The summed E-state index contributed by atoms with van der Waals surface area (Å²) in [5.74, 6) is 1.23. The van der Waals surface area contributed by atoms with Crippen LogP contribution in [0.5, 0.6) is 0 Å². The molecule has 1 fully saturated rings. The van der Waals surface area contributed by atoms with Gasteiger partial charge < -0.3 is 5.11 Å². The van der Waals surface area contributed by atoms with Crippen LogP contribution in [0.1, 0.15) is 65.7 Å². The molecule has 0 saturated heterocycles. The molecule has 1 N–H and O–H groups in total. The molecule has 1 aliphatic carbocycles. The molecule has 3 unspecified atom stereocenters. The Morgan fingerprint density at radius 3 is 2.64 bits per heavy atom. The molecular formula is C13H26O. The summed E-state index contributed by atoms with van der Waals surface area (Å²) in [4.78, 5) is 0. The fourth-order valence-corrected chi connectivity index (χ4v) is 2.90. The molecular weight excluding hydrogens is 172 g/mol. The predicted molar refractivity (Wildman–Crippen MR) is 61.3 cm³/mol. The molecule has 3 atom stereocenters. The van der Waals surface area contributed by atoms with E-state index in [-0.39, 0.29) is 5.60 Å². The van der Waals surface area contributed by atoms with Crippen molar-refractivity contribution in [3.05, 3.63) is 0 Å². The summed E-state index contributed by atoms with van der Waals surface area (Å²) >= 11 is 0. The molecule has 0 amide bonds. The third kappa shape index (κ3) is 2.73. The topological polar surface area (TPSA) is 20.2 Å². The normalized spacial score (nSPS) is 35.6. The molecule has 84 valence electrons. The first-order valence-corrected chi connectivity index (χ1v) is 6.34. The minimum Gasteiger partial charge on any atom is -0.390 e. The fourth-order valence-electron chi connectivity index (χ4n) is 2.90. The molecule has 1 nitrogen and oxygen atoms in total. The van der Waals surface area contributed by atoms with Crippen molar-refractivity contribution in [3.63, 3.8) is 0 Å². The predicted octanol–water partition coefficient (Wildman–Crippen LogP) is 3.75. The van der Waals surface area contributed by atoms with E-state index in [4.69, 9.17) is 0 Å². The highest BCUT2D eigenvalue weighted by Gasteiger charge is 2.38. The van der Waals surface area contributed by atoms with Gasteiger partial charge in [-0.1, -0.05) is 46.5 Å². The molecule has 0 aromatic heterocycles. The average molecular weight is 198 g/mol. The van der Waals surface area contributed by atoms with Crippen molar-refractivity contribution in [2.75, 3.05) is 0 Å². The van der Waals surface area contributed by atoms with Gasteiger partial charge in [-0.05, 0) is 31.1 Å². The van der Waals surface area contributed by atoms with Gasteiger partial charge in [-0.2, -0.15) is 0 Å². The minimum absolute atomic E-state index is 0.331. The Labute approximate surface area is 88.9 Å². The highest BCUT2D eigenvalue weighted by molar-refractivity contribution is 4.90. The van der Waals surface area contributed by atoms with Crippen molar-refractivity contribution in [2.45, 2.75) is 71.3 Å². The van der Waals surface area contributed by atoms with E-state index in [1.165, 1.54) is 25.7 Å². The zero-order chi connectivity index (χ0) is 10.6. The lowest BCUT2D eigenvalue weighted by Crippen LogP contribution is -2.41. The van der Waals surface area contributed by atoms with E-state index in [9.17, 15) is 5.11 Å². The van der Waals surface area contributed by atoms with Crippen LogP contribution < -0.4 is 0 Å². The molecule has 0 bridgehead atoms. The minimum atomic E-state index is -0.331. The molecule has 1 aliphatic rings. The van der Waals surface area contributed by atoms with Gasteiger partial charge in [0.2, 0.25) is 0 Å². The Balaban J connectivity index is 2.57. The second kappa shape index (κ2) is 5.16. The van der Waals surface area contributed by atoms with E-state index < -0.39 is 0 Å². The van der Waals surface area contributed by atoms with Gasteiger partial charge in [-0.3, -0.25) is 0 Å². The summed E-state index contributed by atoms with van der Waals surface area (Å²) in [6, 6.07) is 0. The molecule has 14 heavy (non-hydrogen) atoms. The Hall–Kier alpha value is -0.0400. The standard InChI is InChI=1S/C13H26O/c1-4-11(3)10-13(14)9-7-6-8-12(13)5-2/h11-12,14H,4-10H2,1-3H3. The molecule has 0 aromatic carbocycles. The second-order valence-corrected chi connectivity index (χ2v) is 5.17. The Kier molecular flexibility index (Phi) is 4.43. The van der Waals surface area contributed by atoms with Gasteiger partial charge in [-0.15, -0.1) is 0 Å². The zero-order valence-corrected chi connectivity index (χ0v) is 10.1. The van der Waals surface area contributed by atoms with Crippen molar-refractivity contribution in [1.82, 2.24) is 0 Å². The van der Waals surface area contributed by atoms with Crippen LogP contribution >= 0.6 is 0 Å². The highest BCUT2D eigenvalue weighted by atomic mass is 16.3. The third-order valence-electron chi connectivity index (χ3n) is 4.06. The van der Waals surface area contributed by atoms with Crippen LogP contribution in [0.25, 0.3) is 0 Å². The van der Waals surface area contributed by atoms with Crippen LogP contribution in [-0.2, 0) is 0 Å². The first-order valence-electron chi connectivity index (χ1n) is 6.34. The summed E-state index contributed by atoms with van der Waals surface area (Å²) in [6.07, 6.45) is 8.18. The summed E-state index contributed by atoms with van der Waals surface area (Å²) in [7, 11) is 0. The summed E-state index contributed by atoms with van der Waals surface area (Å²) < 4.78 is 0. The lowest BCUT2D eigenvalue weighted by molar-refractivity contribution is -0.0662. The highest BCUT2D eigenvalue weighted by Crippen LogP contribution is 2.40. The molecule has 0 spiro atoms. The van der Waals surface area contributed by atoms with Gasteiger partial charge >= 0.3 is 0 Å². The zero-order valence-electron chi connectivity index (χ0n) is 10.1. The van der Waals surface area contributed by atoms with Gasteiger partial charge in [0.1, 0.15) is 0 Å². The van der Waals surface area contributed by atoms with Gasteiger partial charge in [0.05, 0.1) is 5.60 Å². The van der Waals surface area contributed by atoms with E-state index in [2.05, 4.69) is 20.8 Å². The molecule has 0 heterocycles. The first-order chi connectivity index (χ1) is 6.62. The van der Waals surface area contributed by atoms with Crippen molar-refractivity contribution < 1.29 is 5.11 Å². The molecule has 0 aliphatic heterocycles. The van der Waals surface area contributed by atoms with Crippen molar-refractivity contribution in [1.29, 1.82) is 0 Å². The molecule has 1 rings (SSSR count). The van der Waals surface area contributed by atoms with Crippen LogP contribution in [0.3, 0.4) is 0 Å². The number of rotatable bonds is 4. The number of hydrogen-bond donors (Lipinski definition) is 1. The van der Waals surface area contributed by atoms with Crippen molar-refractivity contribution in [3.8, 4) is 0 Å². The maximum atomic E-state index is 10.6. The van der Waals surface area contributed by atoms with E-state index in [0.717, 1.165) is 19.3 Å². The van der Waals surface area contributed by atoms with E-state index >= 15 is 0 Å². The van der Waals surface area contributed by atoms with Crippen LogP contribution in [0.4, 0.5) is 0 Å². The number of aliphatic hydroxyl groups is 1. The number of hydrogen-bond acceptors (Lipinski definition) is 1. The van der Waals surface area contributed by atoms with Crippen molar-refractivity contribution in [2.24, 2.45) is 11.8 Å². The molecule has 1 heteroatoms. The van der Waals surface area contributed by atoms with Crippen LogP contribution in [0, 0.1) is 11.8 Å². The van der Waals surface area contributed by atoms with Gasteiger partial charge in [0.15, 0.2) is 0 Å². The Morgan fingerprint density at radius 2 is 2.07 bits per heavy atom. The van der Waals surface area contributed by atoms with E-state index in [1.807, 2.05) is 0 Å². The van der Waals surface area contributed by atoms with Gasteiger partial charge in [-0.25, -0.2) is 0 Å². The molecule has 0 radical (unpaired) electrons. The lowest BCUT2D eigenvalue weighted by atomic mass is 9.70. The van der Waals surface area contributed by atoms with Crippen molar-refractivity contribution >= 4 is 0 Å². The summed E-state index contributed by atoms with van der Waals surface area (Å²) in [5, 5.41) is 10.6. The van der Waals surface area contributed by atoms with E-state index in [0.29, 0.717) is 11.8 Å². The molecule has 1 saturated carbocycles. The van der Waals surface area contributed by atoms with Crippen LogP contribution in [0.2, 0.25) is 0 Å². The summed E-state index contributed by atoms with van der Waals surface area (Å²) in [5.41, 5.74) is -0.331. The van der Waals surface area contributed by atoms with Gasteiger partial charge in [0.25, 0.3) is 0 Å². The Morgan fingerprint density at radius 1 is 1.36 bits per heavy atom. The fraction of sp³-hybridized carbons (Fsp3) is 1.00. The quantitative estimate of drug-likeness (QED) is 0.729. The maximum absolute atomic E-state index is 10.6. The summed E-state index contributed by atoms with van der Waals surface area (Å²) in [6.45, 7) is 6.70. The monoisotopic (exact) mass is 198 g/mol. The smallest absolute Gasteiger partial charge is 0.0678 e. The second-order valence-electron chi connectivity index (χ2n) is 5.17. The van der Waals surface area contributed by atoms with Crippen LogP contribution in [-0.4, -0.2) is 10.7 Å². The van der Waals surface area contributed by atoms with Gasteiger partial charge in [0, 0.05) is 0 Å². The Bertz CT molecular complexity index is 167. The first kappa shape index (κ1) is 12.0.